The lowest BCUT2D eigenvalue weighted by Crippen LogP contribution is -2.47. The molecule has 1 saturated heterocycles. The SMILES string of the molecule is NCc1cnc(N2CCN(c3ncc(C(=O)NCCOCCC(=O)CCCCCn4nc(-c5ccc6oc(N)nc6c5)c5c(N)ncnc54)c(N)n3)CC2)nc1. The van der Waals surface area contributed by atoms with Gasteiger partial charge in [-0.2, -0.15) is 15.1 Å². The van der Waals surface area contributed by atoms with Crippen LogP contribution in [0.15, 0.2) is 47.5 Å². The lowest BCUT2D eigenvalue weighted by molar-refractivity contribution is -0.120. The monoisotopic (exact) mass is 764 g/mol. The highest BCUT2D eigenvalue weighted by Gasteiger charge is 2.23. The summed E-state index contributed by atoms with van der Waals surface area (Å²) in [4.78, 5) is 59.7. The summed E-state index contributed by atoms with van der Waals surface area (Å²) in [5, 5.41) is 8.24. The second-order valence-corrected chi connectivity index (χ2v) is 13.3. The van der Waals surface area contributed by atoms with E-state index in [1.54, 1.807) is 18.5 Å². The molecule has 1 aliphatic rings. The molecule has 20 heteroatoms. The zero-order valence-corrected chi connectivity index (χ0v) is 30.8. The molecule has 9 N–H and O–H groups in total. The molecule has 5 aromatic heterocycles. The Morgan fingerprint density at radius 2 is 1.61 bits per heavy atom. The van der Waals surface area contributed by atoms with Gasteiger partial charge in [0.05, 0.1) is 24.2 Å². The maximum absolute atomic E-state index is 12.7. The summed E-state index contributed by atoms with van der Waals surface area (Å²) in [6.45, 7) is 4.40. The van der Waals surface area contributed by atoms with Gasteiger partial charge in [-0.15, -0.1) is 0 Å². The van der Waals surface area contributed by atoms with Crippen LogP contribution < -0.4 is 38.1 Å². The van der Waals surface area contributed by atoms with Crippen LogP contribution in [0, 0.1) is 0 Å². The Labute approximate surface area is 321 Å². The van der Waals surface area contributed by atoms with E-state index in [4.69, 9.17) is 37.2 Å². The number of nitrogens with one attached hydrogen (secondary N) is 1. The molecule has 1 aromatic carbocycles. The van der Waals surface area contributed by atoms with E-state index in [-0.39, 0.29) is 42.9 Å². The minimum atomic E-state index is -0.398. The number of aromatic nitrogens is 9. The van der Waals surface area contributed by atoms with E-state index in [1.165, 1.54) is 12.5 Å². The lowest BCUT2D eigenvalue weighted by Gasteiger charge is -2.34. The molecule has 0 spiro atoms. The number of hydrogen-bond donors (Lipinski definition) is 5. The van der Waals surface area contributed by atoms with Gasteiger partial charge in [0, 0.05) is 88.4 Å². The van der Waals surface area contributed by atoms with Crippen LogP contribution in [-0.2, 0) is 22.6 Å². The van der Waals surface area contributed by atoms with E-state index in [2.05, 4.69) is 45.1 Å². The number of carbonyl (C=O) groups is 2. The van der Waals surface area contributed by atoms with Crippen molar-refractivity contribution in [3.63, 3.8) is 0 Å². The van der Waals surface area contributed by atoms with Crippen LogP contribution in [0.1, 0.15) is 48.0 Å². The number of ketones is 1. The van der Waals surface area contributed by atoms with Crippen LogP contribution in [0.3, 0.4) is 0 Å². The van der Waals surface area contributed by atoms with Crippen LogP contribution in [0.4, 0.5) is 29.5 Å². The number of nitrogens with two attached hydrogens (primary N) is 4. The largest absolute Gasteiger partial charge is 0.424 e. The molecule has 0 aliphatic carbocycles. The number of unbranched alkanes of at least 4 members (excludes halogenated alkanes) is 2. The first-order valence-corrected chi connectivity index (χ1v) is 18.4. The van der Waals surface area contributed by atoms with Gasteiger partial charge >= 0.3 is 0 Å². The van der Waals surface area contributed by atoms with Crippen molar-refractivity contribution in [3.05, 3.63) is 54.2 Å². The molecule has 1 amide bonds. The van der Waals surface area contributed by atoms with Gasteiger partial charge in [0.25, 0.3) is 11.9 Å². The van der Waals surface area contributed by atoms with E-state index >= 15 is 0 Å². The molecule has 292 valence electrons. The first kappa shape index (κ1) is 37.8. The maximum atomic E-state index is 12.7. The van der Waals surface area contributed by atoms with E-state index in [1.807, 2.05) is 21.7 Å². The summed E-state index contributed by atoms with van der Waals surface area (Å²) >= 11 is 0. The van der Waals surface area contributed by atoms with Crippen molar-refractivity contribution in [1.29, 1.82) is 0 Å². The smallest absolute Gasteiger partial charge is 0.292 e. The van der Waals surface area contributed by atoms with Gasteiger partial charge < -0.3 is 47.2 Å². The summed E-state index contributed by atoms with van der Waals surface area (Å²) in [7, 11) is 0. The van der Waals surface area contributed by atoms with E-state index in [0.717, 1.165) is 30.4 Å². The van der Waals surface area contributed by atoms with E-state index in [0.29, 0.717) is 97.7 Å². The molecule has 0 unspecified atom stereocenters. The molecule has 0 bridgehead atoms. The predicted octanol–water partition coefficient (Wildman–Crippen LogP) is 1.71. The minimum Gasteiger partial charge on any atom is -0.424 e. The van der Waals surface area contributed by atoms with Gasteiger partial charge in [0.2, 0.25) is 11.9 Å². The van der Waals surface area contributed by atoms with E-state index < -0.39 is 5.91 Å². The number of carbonyl (C=O) groups excluding carboxylic acids is 2. The number of fused-ring (bicyclic) bond motifs is 2. The molecule has 0 radical (unpaired) electrons. The summed E-state index contributed by atoms with van der Waals surface area (Å²) < 4.78 is 12.8. The fourth-order valence-corrected chi connectivity index (χ4v) is 6.42. The van der Waals surface area contributed by atoms with E-state index in [9.17, 15) is 9.59 Å². The van der Waals surface area contributed by atoms with Crippen LogP contribution in [0.2, 0.25) is 0 Å². The van der Waals surface area contributed by atoms with Crippen LogP contribution in [0.25, 0.3) is 33.4 Å². The minimum absolute atomic E-state index is 0.0911. The normalized spacial score (nSPS) is 13.2. The molecule has 1 aliphatic heterocycles. The molecular formula is C36H44N16O4. The van der Waals surface area contributed by atoms with Gasteiger partial charge in [-0.25, -0.2) is 29.6 Å². The molecule has 0 atom stereocenters. The molecule has 56 heavy (non-hydrogen) atoms. The first-order chi connectivity index (χ1) is 27.3. The number of piperazine rings is 1. The van der Waals surface area contributed by atoms with Crippen molar-refractivity contribution in [2.24, 2.45) is 5.73 Å². The molecule has 6 aromatic rings. The Morgan fingerprint density at radius 3 is 2.38 bits per heavy atom. The first-order valence-electron chi connectivity index (χ1n) is 18.4. The second-order valence-electron chi connectivity index (χ2n) is 13.3. The van der Waals surface area contributed by atoms with Gasteiger partial charge in [-0.05, 0) is 31.0 Å². The second kappa shape index (κ2) is 17.3. The van der Waals surface area contributed by atoms with Gasteiger partial charge in [-0.1, -0.05) is 6.42 Å². The van der Waals surface area contributed by atoms with Crippen molar-refractivity contribution in [2.75, 3.05) is 72.9 Å². The number of benzene rings is 1. The highest BCUT2D eigenvalue weighted by Crippen LogP contribution is 2.32. The number of nitrogens with zero attached hydrogens (tertiary/aromatic N) is 11. The fourth-order valence-electron chi connectivity index (χ4n) is 6.42. The van der Waals surface area contributed by atoms with Crippen LogP contribution in [0.5, 0.6) is 0 Å². The topological polar surface area (TPSA) is 287 Å². The molecule has 6 heterocycles. The Balaban J connectivity index is 0.779. The Kier molecular flexibility index (Phi) is 11.7. The molecular weight excluding hydrogens is 721 g/mol. The molecule has 20 nitrogen and oxygen atoms in total. The van der Waals surface area contributed by atoms with Crippen LogP contribution >= 0.6 is 0 Å². The number of aryl methyl sites for hydroxylation is 1. The number of Topliss-reactive ketones (excluding diaryl/α,β-unsaturated/α-hetero) is 1. The number of oxazole rings is 1. The maximum Gasteiger partial charge on any atom is 0.292 e. The van der Waals surface area contributed by atoms with Crippen LogP contribution in [-0.4, -0.2) is 102 Å². The number of rotatable bonds is 17. The zero-order valence-electron chi connectivity index (χ0n) is 30.8. The fraction of sp³-hybridized carbons (Fsp3) is 0.389. The molecule has 7 rings (SSSR count). The van der Waals surface area contributed by atoms with Gasteiger partial charge in [0.15, 0.2) is 11.2 Å². The Morgan fingerprint density at radius 1 is 0.839 bits per heavy atom. The third kappa shape index (κ3) is 8.71. The number of ether oxygens (including phenoxy) is 1. The predicted molar refractivity (Wildman–Crippen MR) is 209 cm³/mol. The summed E-state index contributed by atoms with van der Waals surface area (Å²) in [5.74, 6) is 1.25. The van der Waals surface area contributed by atoms with Crippen molar-refractivity contribution < 1.29 is 18.7 Å². The molecule has 0 saturated carbocycles. The van der Waals surface area contributed by atoms with Crippen molar-refractivity contribution in [2.45, 2.75) is 45.2 Å². The Hall–Kier alpha value is -6.54. The lowest BCUT2D eigenvalue weighted by atomic mass is 10.1. The standard InChI is InChI=1S/C36H44N16O4/c37-17-22-18-42-35(43-19-22)50-10-12-51(13-11-50)36-44-20-25(30(38)48-36)33(54)41-8-15-55-14-7-24(53)4-2-1-3-9-52-32-28(31(39)45-21-46-32)29(49-52)23-5-6-27-26(16-23)47-34(40)56-27/h5-6,16,18-21H,1-4,7-15,17,37H2,(H2,40,47)(H,41,54)(H2,38,44,48)(H2,39,45,46). The van der Waals surface area contributed by atoms with Crippen molar-refractivity contribution in [3.8, 4) is 11.3 Å². The van der Waals surface area contributed by atoms with Crippen molar-refractivity contribution >= 4 is 63.4 Å². The third-order valence-corrected chi connectivity index (χ3v) is 9.44. The van der Waals surface area contributed by atoms with Gasteiger partial charge in [0.1, 0.15) is 35.0 Å². The Bertz CT molecular complexity index is 2300. The van der Waals surface area contributed by atoms with Crippen molar-refractivity contribution in [1.82, 2.24) is 50.0 Å². The van der Waals surface area contributed by atoms with Gasteiger partial charge in [-0.3, -0.25) is 9.59 Å². The number of amides is 1. The molecule has 1 fully saturated rings. The number of nitrogen functional groups attached to an aromatic ring is 3. The quantitative estimate of drug-likeness (QED) is 0.0826. The highest BCUT2D eigenvalue weighted by molar-refractivity contribution is 5.99. The highest BCUT2D eigenvalue weighted by atomic mass is 16.5. The summed E-state index contributed by atoms with van der Waals surface area (Å²) in [6, 6.07) is 5.59. The number of anilines is 5. The average Bonchev–Trinajstić information content (AvgIpc) is 3.78. The number of hydrogen-bond acceptors (Lipinski definition) is 18. The zero-order chi connectivity index (χ0) is 39.0. The third-order valence-electron chi connectivity index (χ3n) is 9.44. The summed E-state index contributed by atoms with van der Waals surface area (Å²) in [5.41, 5.74) is 28.1. The average molecular weight is 765 g/mol. The summed E-state index contributed by atoms with van der Waals surface area (Å²) in [6.07, 6.45) is 9.42.